The zero-order chi connectivity index (χ0) is 24.5. The fourth-order valence-corrected chi connectivity index (χ4v) is 5.75. The molecule has 7 heteroatoms. The van der Waals surface area contributed by atoms with Crippen molar-refractivity contribution in [3.63, 3.8) is 0 Å². The molecule has 0 fully saturated rings. The predicted molar refractivity (Wildman–Crippen MR) is 138 cm³/mol. The van der Waals surface area contributed by atoms with Crippen LogP contribution < -0.4 is 9.47 Å². The lowest BCUT2D eigenvalue weighted by Crippen LogP contribution is -2.53. The van der Waals surface area contributed by atoms with Crippen LogP contribution in [0.5, 0.6) is 11.5 Å². The normalized spacial score (nSPS) is 19.6. The van der Waals surface area contributed by atoms with Crippen molar-refractivity contribution in [3.05, 3.63) is 87.1 Å². The molecule has 0 spiro atoms. The van der Waals surface area contributed by atoms with Gasteiger partial charge in [-0.3, -0.25) is 9.69 Å². The molecule has 0 saturated carbocycles. The molecule has 2 aromatic carbocycles. The van der Waals surface area contributed by atoms with Crippen LogP contribution in [0.1, 0.15) is 40.9 Å². The van der Waals surface area contributed by atoms with Crippen LogP contribution in [0.3, 0.4) is 0 Å². The zero-order valence-electron chi connectivity index (χ0n) is 20.3. The Hall–Kier alpha value is -2.90. The van der Waals surface area contributed by atoms with Gasteiger partial charge in [-0.1, -0.05) is 30.3 Å². The van der Waals surface area contributed by atoms with Gasteiger partial charge in [-0.2, -0.15) is 0 Å². The number of pyridine rings is 1. The van der Waals surface area contributed by atoms with Crippen LogP contribution >= 0.6 is 15.9 Å². The Kier molecular flexibility index (Phi) is 6.80. The minimum atomic E-state index is -0.241. The molecule has 0 saturated heterocycles. The summed E-state index contributed by atoms with van der Waals surface area (Å²) in [7, 11) is 3.30. The van der Waals surface area contributed by atoms with E-state index < -0.39 is 0 Å². The zero-order valence-corrected chi connectivity index (χ0v) is 21.9. The van der Waals surface area contributed by atoms with Crippen LogP contribution in [-0.2, 0) is 30.7 Å². The molecule has 5 rings (SSSR count). The predicted octanol–water partition coefficient (Wildman–Crippen LogP) is 4.93. The Morgan fingerprint density at radius 3 is 2.51 bits per heavy atom. The highest BCUT2D eigenvalue weighted by Gasteiger charge is 2.38. The molecule has 1 aromatic heterocycles. The average Bonchev–Trinajstić information content (AvgIpc) is 2.87. The fourth-order valence-electron chi connectivity index (χ4n) is 5.37. The minimum Gasteiger partial charge on any atom is -0.493 e. The van der Waals surface area contributed by atoms with Gasteiger partial charge in [0.15, 0.2) is 11.5 Å². The number of rotatable bonds is 5. The molecular formula is C28H30BrN3O3. The number of hydrogen-bond donors (Lipinski definition) is 0. The van der Waals surface area contributed by atoms with Gasteiger partial charge in [-0.05, 0) is 82.2 Å². The monoisotopic (exact) mass is 535 g/mol. The third-order valence-corrected chi connectivity index (χ3v) is 7.68. The number of ether oxygens (including phenoxy) is 2. The van der Waals surface area contributed by atoms with Gasteiger partial charge in [0, 0.05) is 19.6 Å². The van der Waals surface area contributed by atoms with Crippen LogP contribution in [0.15, 0.2) is 59.2 Å². The van der Waals surface area contributed by atoms with Crippen LogP contribution in [-0.4, -0.2) is 47.5 Å². The maximum atomic E-state index is 14.1. The second-order valence-electron chi connectivity index (χ2n) is 9.21. The first kappa shape index (κ1) is 23.8. The number of nitrogens with zero attached hydrogens (tertiary/aromatic N) is 3. The summed E-state index contributed by atoms with van der Waals surface area (Å²) < 4.78 is 11.9. The van der Waals surface area contributed by atoms with Crippen molar-refractivity contribution in [2.24, 2.45) is 0 Å². The molecule has 3 aromatic rings. The molecular weight excluding hydrogens is 506 g/mol. The number of methoxy groups -OCH3 is 2. The third kappa shape index (κ3) is 4.67. The number of fused-ring (bicyclic) bond motifs is 2. The minimum absolute atomic E-state index is 0.0472. The van der Waals surface area contributed by atoms with E-state index in [1.165, 1.54) is 16.7 Å². The molecule has 182 valence electrons. The van der Waals surface area contributed by atoms with E-state index in [2.05, 4.69) is 63.1 Å². The molecule has 1 amide bonds. The smallest absolute Gasteiger partial charge is 0.240 e. The molecule has 2 aliphatic heterocycles. The summed E-state index contributed by atoms with van der Waals surface area (Å²) >= 11 is 3.48. The average molecular weight is 536 g/mol. The summed E-state index contributed by atoms with van der Waals surface area (Å²) in [5, 5.41) is 0. The van der Waals surface area contributed by atoms with Crippen LogP contribution in [0.2, 0.25) is 0 Å². The third-order valence-electron chi connectivity index (χ3n) is 7.24. The van der Waals surface area contributed by atoms with Crippen molar-refractivity contribution < 1.29 is 14.3 Å². The van der Waals surface area contributed by atoms with Gasteiger partial charge in [0.2, 0.25) is 5.91 Å². The maximum absolute atomic E-state index is 14.1. The van der Waals surface area contributed by atoms with E-state index in [1.54, 1.807) is 14.2 Å². The van der Waals surface area contributed by atoms with Crippen LogP contribution in [0.25, 0.3) is 0 Å². The number of hydrogen-bond acceptors (Lipinski definition) is 5. The van der Waals surface area contributed by atoms with Gasteiger partial charge in [0.1, 0.15) is 4.60 Å². The highest BCUT2D eigenvalue weighted by atomic mass is 79.9. The second-order valence-corrected chi connectivity index (χ2v) is 10.0. The Morgan fingerprint density at radius 1 is 1.03 bits per heavy atom. The van der Waals surface area contributed by atoms with E-state index in [4.69, 9.17) is 9.47 Å². The standard InChI is InChI=1S/C28H30BrN3O3/c1-18-23-15-26(35-3)25(34-2)14-20(23)11-12-32(18)28(33)24-13-19-7-4-5-8-21(19)16-31(24)17-22-9-6-10-27(29)30-22/h4-10,14-15,18,24H,11-13,16-17H2,1-3H3/t18-,24?/m1/s1. The summed E-state index contributed by atoms with van der Waals surface area (Å²) in [6.07, 6.45) is 1.49. The first-order valence-corrected chi connectivity index (χ1v) is 12.7. The van der Waals surface area contributed by atoms with Gasteiger partial charge in [0.05, 0.1) is 32.0 Å². The number of aromatic nitrogens is 1. The van der Waals surface area contributed by atoms with Gasteiger partial charge in [-0.15, -0.1) is 0 Å². The first-order valence-electron chi connectivity index (χ1n) is 12.0. The van der Waals surface area contributed by atoms with E-state index in [9.17, 15) is 4.79 Å². The maximum Gasteiger partial charge on any atom is 0.240 e. The van der Waals surface area contributed by atoms with E-state index in [-0.39, 0.29) is 18.0 Å². The van der Waals surface area contributed by atoms with Crippen LogP contribution in [0.4, 0.5) is 0 Å². The molecule has 0 aliphatic carbocycles. The number of carbonyl (C=O) groups is 1. The second kappa shape index (κ2) is 9.99. The summed E-state index contributed by atoms with van der Waals surface area (Å²) in [6.45, 7) is 4.14. The summed E-state index contributed by atoms with van der Waals surface area (Å²) in [6, 6.07) is 18.2. The number of benzene rings is 2. The molecule has 2 aliphatic rings. The van der Waals surface area contributed by atoms with Crippen LogP contribution in [0, 0.1) is 0 Å². The van der Waals surface area contributed by atoms with Crippen molar-refractivity contribution in [3.8, 4) is 11.5 Å². The highest BCUT2D eigenvalue weighted by molar-refractivity contribution is 9.10. The molecule has 35 heavy (non-hydrogen) atoms. The van der Waals surface area contributed by atoms with E-state index in [0.717, 1.165) is 34.6 Å². The fraction of sp³-hybridized carbons (Fsp3) is 0.357. The summed E-state index contributed by atoms with van der Waals surface area (Å²) in [5.74, 6) is 1.60. The lowest BCUT2D eigenvalue weighted by atomic mass is 9.89. The SMILES string of the molecule is COc1cc2c(cc1OC)[C@@H](C)N(C(=O)C1Cc3ccccc3CN1Cc1cccc(Br)n1)CC2. The molecule has 0 bridgehead atoms. The number of amides is 1. The Labute approximate surface area is 215 Å². The van der Waals surface area contributed by atoms with Crippen molar-refractivity contribution in [1.82, 2.24) is 14.8 Å². The molecule has 1 unspecified atom stereocenters. The molecule has 3 heterocycles. The quantitative estimate of drug-likeness (QED) is 0.433. The molecule has 6 nitrogen and oxygen atoms in total. The Morgan fingerprint density at radius 2 is 1.77 bits per heavy atom. The van der Waals surface area contributed by atoms with Crippen molar-refractivity contribution in [2.75, 3.05) is 20.8 Å². The van der Waals surface area contributed by atoms with E-state index in [1.807, 2.05) is 29.2 Å². The van der Waals surface area contributed by atoms with Crippen molar-refractivity contribution >= 4 is 21.8 Å². The molecule has 2 atom stereocenters. The Balaban J connectivity index is 1.45. The number of halogens is 1. The summed E-state index contributed by atoms with van der Waals surface area (Å²) in [4.78, 5) is 23.1. The van der Waals surface area contributed by atoms with Gasteiger partial charge < -0.3 is 14.4 Å². The Bertz CT molecular complexity index is 1250. The lowest BCUT2D eigenvalue weighted by Gasteiger charge is -2.42. The number of carbonyl (C=O) groups excluding carboxylic acids is 1. The first-order chi connectivity index (χ1) is 17.0. The van der Waals surface area contributed by atoms with Gasteiger partial charge in [-0.25, -0.2) is 4.98 Å². The van der Waals surface area contributed by atoms with Crippen molar-refractivity contribution in [2.45, 2.75) is 44.9 Å². The highest BCUT2D eigenvalue weighted by Crippen LogP contribution is 2.39. The summed E-state index contributed by atoms with van der Waals surface area (Å²) in [5.41, 5.74) is 5.81. The molecule has 0 radical (unpaired) electrons. The van der Waals surface area contributed by atoms with Gasteiger partial charge in [0.25, 0.3) is 0 Å². The van der Waals surface area contributed by atoms with E-state index in [0.29, 0.717) is 25.3 Å². The van der Waals surface area contributed by atoms with Crippen molar-refractivity contribution in [1.29, 1.82) is 0 Å². The lowest BCUT2D eigenvalue weighted by molar-refractivity contribution is -0.140. The van der Waals surface area contributed by atoms with Gasteiger partial charge >= 0.3 is 0 Å². The van der Waals surface area contributed by atoms with E-state index >= 15 is 0 Å². The molecule has 0 N–H and O–H groups in total. The largest absolute Gasteiger partial charge is 0.493 e. The topological polar surface area (TPSA) is 54.9 Å².